The SMILES string of the molecule is COc1cc(-c2noc(COCc3ccccc3)n2)ccc1OC(C)c1ccccc1. The molecule has 31 heavy (non-hydrogen) atoms. The molecule has 0 radical (unpaired) electrons. The highest BCUT2D eigenvalue weighted by molar-refractivity contribution is 5.60. The lowest BCUT2D eigenvalue weighted by atomic mass is 10.1. The lowest BCUT2D eigenvalue weighted by Gasteiger charge is -2.17. The van der Waals surface area contributed by atoms with E-state index in [0.717, 1.165) is 16.7 Å². The molecule has 0 aliphatic carbocycles. The lowest BCUT2D eigenvalue weighted by molar-refractivity contribution is 0.0850. The van der Waals surface area contributed by atoms with E-state index in [9.17, 15) is 0 Å². The van der Waals surface area contributed by atoms with E-state index in [0.29, 0.717) is 29.8 Å². The summed E-state index contributed by atoms with van der Waals surface area (Å²) in [5, 5.41) is 4.06. The Balaban J connectivity index is 1.41. The van der Waals surface area contributed by atoms with Gasteiger partial charge in [-0.25, -0.2) is 0 Å². The molecular formula is C25H24N2O4. The zero-order valence-corrected chi connectivity index (χ0v) is 17.5. The van der Waals surface area contributed by atoms with Crippen LogP contribution in [-0.4, -0.2) is 17.3 Å². The number of aromatic nitrogens is 2. The first kappa shape index (κ1) is 20.6. The lowest BCUT2D eigenvalue weighted by Crippen LogP contribution is -2.04. The van der Waals surface area contributed by atoms with Crippen LogP contribution in [0.5, 0.6) is 11.5 Å². The topological polar surface area (TPSA) is 66.6 Å². The largest absolute Gasteiger partial charge is 0.493 e. The van der Waals surface area contributed by atoms with Crippen LogP contribution in [0.4, 0.5) is 0 Å². The van der Waals surface area contributed by atoms with Crippen LogP contribution < -0.4 is 9.47 Å². The molecule has 1 unspecified atom stereocenters. The summed E-state index contributed by atoms with van der Waals surface area (Å²) < 4.78 is 22.6. The van der Waals surface area contributed by atoms with E-state index in [2.05, 4.69) is 10.1 Å². The summed E-state index contributed by atoms with van der Waals surface area (Å²) in [6, 6.07) is 25.6. The first-order valence-electron chi connectivity index (χ1n) is 10.1. The van der Waals surface area contributed by atoms with Gasteiger partial charge < -0.3 is 18.7 Å². The second kappa shape index (κ2) is 9.91. The van der Waals surface area contributed by atoms with Crippen molar-refractivity contribution in [1.82, 2.24) is 10.1 Å². The summed E-state index contributed by atoms with van der Waals surface area (Å²) in [6.45, 7) is 2.73. The Morgan fingerprint density at radius 3 is 2.35 bits per heavy atom. The monoisotopic (exact) mass is 416 g/mol. The summed E-state index contributed by atoms with van der Waals surface area (Å²) in [4.78, 5) is 4.43. The van der Waals surface area contributed by atoms with Crippen LogP contribution in [0.2, 0.25) is 0 Å². The van der Waals surface area contributed by atoms with Crippen LogP contribution >= 0.6 is 0 Å². The average Bonchev–Trinajstić information content (AvgIpc) is 3.29. The van der Waals surface area contributed by atoms with E-state index in [1.165, 1.54) is 0 Å². The van der Waals surface area contributed by atoms with E-state index in [-0.39, 0.29) is 12.7 Å². The number of hydrogen-bond donors (Lipinski definition) is 0. The molecule has 0 N–H and O–H groups in total. The van der Waals surface area contributed by atoms with Gasteiger partial charge in [0.05, 0.1) is 13.7 Å². The zero-order chi connectivity index (χ0) is 21.5. The molecule has 0 saturated heterocycles. The quantitative estimate of drug-likeness (QED) is 0.354. The third kappa shape index (κ3) is 5.29. The van der Waals surface area contributed by atoms with Crippen molar-refractivity contribution in [2.45, 2.75) is 26.2 Å². The maximum atomic E-state index is 6.10. The van der Waals surface area contributed by atoms with Gasteiger partial charge in [-0.15, -0.1) is 0 Å². The summed E-state index contributed by atoms with van der Waals surface area (Å²) in [5.74, 6) is 2.15. The van der Waals surface area contributed by atoms with Gasteiger partial charge in [0.1, 0.15) is 12.7 Å². The van der Waals surface area contributed by atoms with Crippen LogP contribution in [0.25, 0.3) is 11.4 Å². The number of rotatable bonds is 9. The van der Waals surface area contributed by atoms with Gasteiger partial charge in [0, 0.05) is 5.56 Å². The summed E-state index contributed by atoms with van der Waals surface area (Å²) >= 11 is 0. The van der Waals surface area contributed by atoms with E-state index in [1.54, 1.807) is 7.11 Å². The number of benzene rings is 3. The Bertz CT molecular complexity index is 1100. The van der Waals surface area contributed by atoms with Crippen molar-refractivity contribution in [3.05, 3.63) is 95.9 Å². The van der Waals surface area contributed by atoms with Crippen LogP contribution in [0.3, 0.4) is 0 Å². The Kier molecular flexibility index (Phi) is 6.59. The van der Waals surface area contributed by atoms with Gasteiger partial charge in [-0.2, -0.15) is 4.98 Å². The molecule has 6 heteroatoms. The van der Waals surface area contributed by atoms with Crippen molar-refractivity contribution in [1.29, 1.82) is 0 Å². The summed E-state index contributed by atoms with van der Waals surface area (Å²) in [6.07, 6.45) is -0.112. The van der Waals surface area contributed by atoms with Crippen molar-refractivity contribution in [3.8, 4) is 22.9 Å². The van der Waals surface area contributed by atoms with Crippen molar-refractivity contribution >= 4 is 0 Å². The smallest absolute Gasteiger partial charge is 0.252 e. The Labute approximate surface area is 181 Å². The molecular weight excluding hydrogens is 392 g/mol. The van der Waals surface area contributed by atoms with Gasteiger partial charge in [0.15, 0.2) is 11.5 Å². The molecule has 0 aliphatic heterocycles. The molecule has 6 nitrogen and oxygen atoms in total. The first-order valence-corrected chi connectivity index (χ1v) is 10.1. The Hall–Kier alpha value is -3.64. The summed E-state index contributed by atoms with van der Waals surface area (Å²) in [5.41, 5.74) is 2.95. The minimum atomic E-state index is -0.112. The van der Waals surface area contributed by atoms with Crippen molar-refractivity contribution in [3.63, 3.8) is 0 Å². The molecule has 3 aromatic carbocycles. The standard InChI is InChI=1S/C25H24N2O4/c1-18(20-11-7-4-8-12-20)30-22-14-13-21(15-23(22)28-2)25-26-24(31-27-25)17-29-16-19-9-5-3-6-10-19/h3-15,18H,16-17H2,1-2H3. The maximum absolute atomic E-state index is 6.10. The minimum absolute atomic E-state index is 0.112. The van der Waals surface area contributed by atoms with E-state index in [4.69, 9.17) is 18.7 Å². The minimum Gasteiger partial charge on any atom is -0.493 e. The van der Waals surface area contributed by atoms with Gasteiger partial charge in [-0.05, 0) is 36.2 Å². The Morgan fingerprint density at radius 1 is 0.871 bits per heavy atom. The first-order chi connectivity index (χ1) is 15.2. The third-order valence-corrected chi connectivity index (χ3v) is 4.80. The predicted molar refractivity (Wildman–Crippen MR) is 117 cm³/mol. The molecule has 4 rings (SSSR count). The molecule has 4 aromatic rings. The highest BCUT2D eigenvalue weighted by atomic mass is 16.5. The second-order valence-electron chi connectivity index (χ2n) is 7.03. The third-order valence-electron chi connectivity index (χ3n) is 4.80. The maximum Gasteiger partial charge on any atom is 0.252 e. The van der Waals surface area contributed by atoms with E-state index in [1.807, 2.05) is 85.8 Å². The fourth-order valence-corrected chi connectivity index (χ4v) is 3.15. The number of methoxy groups -OCH3 is 1. The van der Waals surface area contributed by atoms with Gasteiger partial charge in [0.25, 0.3) is 5.89 Å². The van der Waals surface area contributed by atoms with Crippen molar-refractivity contribution < 1.29 is 18.7 Å². The number of ether oxygens (including phenoxy) is 3. The second-order valence-corrected chi connectivity index (χ2v) is 7.03. The molecule has 0 amide bonds. The molecule has 1 atom stereocenters. The molecule has 0 aliphatic rings. The molecule has 158 valence electrons. The fraction of sp³-hybridized carbons (Fsp3) is 0.200. The number of nitrogens with zero attached hydrogens (tertiary/aromatic N) is 2. The summed E-state index contributed by atoms with van der Waals surface area (Å²) in [7, 11) is 1.61. The molecule has 0 bridgehead atoms. The van der Waals surface area contributed by atoms with E-state index >= 15 is 0 Å². The molecule has 0 fully saturated rings. The van der Waals surface area contributed by atoms with Crippen LogP contribution in [0.1, 0.15) is 30.0 Å². The van der Waals surface area contributed by atoms with Crippen molar-refractivity contribution in [2.75, 3.05) is 7.11 Å². The van der Waals surface area contributed by atoms with Crippen molar-refractivity contribution in [2.24, 2.45) is 0 Å². The highest BCUT2D eigenvalue weighted by Crippen LogP contribution is 2.34. The zero-order valence-electron chi connectivity index (χ0n) is 17.5. The van der Waals surface area contributed by atoms with Crippen LogP contribution in [0, 0.1) is 0 Å². The fourth-order valence-electron chi connectivity index (χ4n) is 3.15. The number of hydrogen-bond acceptors (Lipinski definition) is 6. The van der Waals surface area contributed by atoms with Gasteiger partial charge >= 0.3 is 0 Å². The molecule has 1 heterocycles. The van der Waals surface area contributed by atoms with E-state index < -0.39 is 0 Å². The van der Waals surface area contributed by atoms with Crippen LogP contribution in [-0.2, 0) is 18.0 Å². The van der Waals surface area contributed by atoms with Gasteiger partial charge in [0.2, 0.25) is 5.82 Å². The highest BCUT2D eigenvalue weighted by Gasteiger charge is 2.15. The van der Waals surface area contributed by atoms with Gasteiger partial charge in [-0.3, -0.25) is 0 Å². The van der Waals surface area contributed by atoms with Gasteiger partial charge in [-0.1, -0.05) is 65.8 Å². The van der Waals surface area contributed by atoms with Crippen LogP contribution in [0.15, 0.2) is 83.4 Å². The molecule has 0 saturated carbocycles. The Morgan fingerprint density at radius 2 is 1.61 bits per heavy atom. The predicted octanol–water partition coefficient (Wildman–Crippen LogP) is 5.60. The molecule has 0 spiro atoms. The average molecular weight is 416 g/mol. The normalized spacial score (nSPS) is 11.8. The molecule has 1 aromatic heterocycles.